The molecule has 1 saturated carbocycles. The van der Waals surface area contributed by atoms with Gasteiger partial charge in [-0.1, -0.05) is 29.8 Å². The number of nitrogens with one attached hydrogen (secondary N) is 1. The van der Waals surface area contributed by atoms with Gasteiger partial charge in [-0.2, -0.15) is 0 Å². The Morgan fingerprint density at radius 1 is 1.19 bits per heavy atom. The van der Waals surface area contributed by atoms with Crippen molar-refractivity contribution in [1.29, 1.82) is 0 Å². The fraction of sp³-hybridized carbons (Fsp3) is 0.316. The van der Waals surface area contributed by atoms with E-state index in [9.17, 15) is 0 Å². The average molecular weight is 488 g/mol. The van der Waals surface area contributed by atoms with Crippen LogP contribution in [0.1, 0.15) is 23.5 Å². The van der Waals surface area contributed by atoms with Crippen LogP contribution in [-0.2, 0) is 6.54 Å². The van der Waals surface area contributed by atoms with Crippen LogP contribution in [0.3, 0.4) is 0 Å². The van der Waals surface area contributed by atoms with Crippen molar-refractivity contribution in [2.45, 2.75) is 24.9 Å². The number of hydrogen-bond acceptors (Lipinski definition) is 3. The van der Waals surface area contributed by atoms with Gasteiger partial charge in [-0.15, -0.1) is 24.0 Å². The molecule has 0 aliphatic heterocycles. The summed E-state index contributed by atoms with van der Waals surface area (Å²) in [6, 6.07) is 14.0. The van der Waals surface area contributed by atoms with Crippen LogP contribution < -0.4 is 20.5 Å². The molecule has 7 heteroatoms. The van der Waals surface area contributed by atoms with Crippen molar-refractivity contribution in [1.82, 2.24) is 5.32 Å². The molecule has 1 fully saturated rings. The van der Waals surface area contributed by atoms with Crippen molar-refractivity contribution >= 4 is 41.5 Å². The van der Waals surface area contributed by atoms with Crippen LogP contribution in [0.2, 0.25) is 5.02 Å². The van der Waals surface area contributed by atoms with E-state index in [2.05, 4.69) is 16.4 Å². The molecule has 2 aromatic carbocycles. The van der Waals surface area contributed by atoms with Gasteiger partial charge in [0.15, 0.2) is 17.5 Å². The van der Waals surface area contributed by atoms with E-state index in [1.54, 1.807) is 14.2 Å². The van der Waals surface area contributed by atoms with E-state index < -0.39 is 0 Å². The van der Waals surface area contributed by atoms with Gasteiger partial charge in [-0.05, 0) is 41.8 Å². The second kappa shape index (κ2) is 9.32. The highest BCUT2D eigenvalue weighted by molar-refractivity contribution is 14.0. The third kappa shape index (κ3) is 5.17. The molecule has 2 atom stereocenters. The molecule has 0 radical (unpaired) electrons. The Hall–Kier alpha value is -1.67. The quantitative estimate of drug-likeness (QED) is 0.368. The minimum absolute atomic E-state index is 0. The molecule has 0 saturated heterocycles. The van der Waals surface area contributed by atoms with Gasteiger partial charge in [0, 0.05) is 17.0 Å². The molecule has 0 bridgehead atoms. The second-order valence-corrected chi connectivity index (χ2v) is 6.48. The molecule has 0 heterocycles. The molecule has 1 aliphatic carbocycles. The molecule has 140 valence electrons. The van der Waals surface area contributed by atoms with Gasteiger partial charge in [-0.3, -0.25) is 0 Å². The summed E-state index contributed by atoms with van der Waals surface area (Å²) in [5.41, 5.74) is 8.25. The van der Waals surface area contributed by atoms with Crippen molar-refractivity contribution in [2.75, 3.05) is 14.2 Å². The molecule has 0 spiro atoms. The van der Waals surface area contributed by atoms with E-state index in [1.807, 2.05) is 36.4 Å². The van der Waals surface area contributed by atoms with Gasteiger partial charge in [-0.25, -0.2) is 4.99 Å². The van der Waals surface area contributed by atoms with E-state index in [1.165, 1.54) is 5.56 Å². The number of halogens is 2. The van der Waals surface area contributed by atoms with Crippen molar-refractivity contribution in [3.8, 4) is 11.5 Å². The summed E-state index contributed by atoms with van der Waals surface area (Å²) in [5, 5.41) is 4.03. The Morgan fingerprint density at radius 3 is 2.65 bits per heavy atom. The number of rotatable bonds is 6. The number of nitrogens with zero attached hydrogens (tertiary/aromatic N) is 1. The van der Waals surface area contributed by atoms with Gasteiger partial charge < -0.3 is 20.5 Å². The Morgan fingerprint density at radius 2 is 1.96 bits per heavy atom. The van der Waals surface area contributed by atoms with Crippen LogP contribution in [-0.4, -0.2) is 26.2 Å². The first-order chi connectivity index (χ1) is 12.1. The van der Waals surface area contributed by atoms with Crippen molar-refractivity contribution in [3.05, 3.63) is 58.6 Å². The molecule has 26 heavy (non-hydrogen) atoms. The Labute approximate surface area is 175 Å². The highest BCUT2D eigenvalue weighted by Gasteiger charge is 2.38. The van der Waals surface area contributed by atoms with Gasteiger partial charge >= 0.3 is 0 Å². The zero-order valence-corrected chi connectivity index (χ0v) is 17.8. The standard InChI is InChI=1S/C19H22ClN3O2.HI/c1-24-17-7-6-12(8-18(17)25-2)11-22-19(21)23-16-10-15(16)13-4-3-5-14(20)9-13;/h3-9,15-16H,10-11H2,1-2H3,(H3,21,22,23);1H. The number of aliphatic imine (C=N–C) groups is 1. The topological polar surface area (TPSA) is 68.9 Å². The minimum atomic E-state index is 0. The van der Waals surface area contributed by atoms with Crippen LogP contribution in [0, 0.1) is 0 Å². The Bertz CT molecular complexity index is 785. The summed E-state index contributed by atoms with van der Waals surface area (Å²) >= 11 is 6.05. The van der Waals surface area contributed by atoms with Gasteiger partial charge in [0.25, 0.3) is 0 Å². The Balaban J connectivity index is 0.00000243. The normalized spacial score (nSPS) is 18.7. The number of hydrogen-bond donors (Lipinski definition) is 2. The van der Waals surface area contributed by atoms with E-state index in [4.69, 9.17) is 26.8 Å². The minimum Gasteiger partial charge on any atom is -0.493 e. The zero-order chi connectivity index (χ0) is 17.8. The highest BCUT2D eigenvalue weighted by atomic mass is 127. The molecular weight excluding hydrogens is 465 g/mol. The number of methoxy groups -OCH3 is 2. The van der Waals surface area contributed by atoms with Crippen LogP contribution in [0.15, 0.2) is 47.5 Å². The maximum Gasteiger partial charge on any atom is 0.189 e. The van der Waals surface area contributed by atoms with Crippen LogP contribution in [0.4, 0.5) is 0 Å². The van der Waals surface area contributed by atoms with Gasteiger partial charge in [0.2, 0.25) is 0 Å². The molecule has 0 aromatic heterocycles. The largest absolute Gasteiger partial charge is 0.493 e. The molecule has 2 aromatic rings. The molecule has 0 amide bonds. The van der Waals surface area contributed by atoms with E-state index >= 15 is 0 Å². The highest BCUT2D eigenvalue weighted by Crippen LogP contribution is 2.41. The van der Waals surface area contributed by atoms with Crippen molar-refractivity contribution in [3.63, 3.8) is 0 Å². The first-order valence-corrected chi connectivity index (χ1v) is 8.51. The van der Waals surface area contributed by atoms with Crippen molar-refractivity contribution in [2.24, 2.45) is 10.7 Å². The first kappa shape index (κ1) is 20.6. The third-order valence-corrected chi connectivity index (χ3v) is 4.52. The van der Waals surface area contributed by atoms with E-state index in [-0.39, 0.29) is 24.0 Å². The number of nitrogens with two attached hydrogens (primary N) is 1. The van der Waals surface area contributed by atoms with Gasteiger partial charge in [0.05, 0.1) is 20.8 Å². The summed E-state index contributed by atoms with van der Waals surface area (Å²) in [4.78, 5) is 4.41. The number of benzene rings is 2. The SMILES string of the molecule is COc1ccc(CN=C(N)NC2CC2c2cccc(Cl)c2)cc1OC.I. The summed E-state index contributed by atoms with van der Waals surface area (Å²) in [6.07, 6.45) is 1.03. The maximum atomic E-state index is 6.05. The van der Waals surface area contributed by atoms with Crippen LogP contribution >= 0.6 is 35.6 Å². The van der Waals surface area contributed by atoms with E-state index in [0.717, 1.165) is 17.0 Å². The molecular formula is C19H23ClIN3O2. The molecule has 5 nitrogen and oxygen atoms in total. The fourth-order valence-corrected chi connectivity index (χ4v) is 3.05. The predicted molar refractivity (Wildman–Crippen MR) is 116 cm³/mol. The smallest absolute Gasteiger partial charge is 0.189 e. The lowest BCUT2D eigenvalue weighted by Gasteiger charge is -2.09. The number of guanidine groups is 1. The van der Waals surface area contributed by atoms with Crippen LogP contribution in [0.5, 0.6) is 11.5 Å². The summed E-state index contributed by atoms with van der Waals surface area (Å²) < 4.78 is 10.5. The number of ether oxygens (including phenoxy) is 2. The van der Waals surface area contributed by atoms with E-state index in [0.29, 0.717) is 36.0 Å². The second-order valence-electron chi connectivity index (χ2n) is 6.04. The molecule has 1 aliphatic rings. The molecule has 3 rings (SSSR count). The third-order valence-electron chi connectivity index (χ3n) is 4.28. The molecule has 3 N–H and O–H groups in total. The lowest BCUT2D eigenvalue weighted by molar-refractivity contribution is 0.354. The predicted octanol–water partition coefficient (Wildman–Crippen LogP) is 3.94. The first-order valence-electron chi connectivity index (χ1n) is 8.13. The maximum absolute atomic E-state index is 6.05. The zero-order valence-electron chi connectivity index (χ0n) is 14.7. The monoisotopic (exact) mass is 487 g/mol. The molecule has 2 unspecified atom stereocenters. The summed E-state index contributed by atoms with van der Waals surface area (Å²) in [5.74, 6) is 2.27. The lowest BCUT2D eigenvalue weighted by Crippen LogP contribution is -2.34. The fourth-order valence-electron chi connectivity index (χ4n) is 2.85. The van der Waals surface area contributed by atoms with Crippen LogP contribution in [0.25, 0.3) is 0 Å². The average Bonchev–Trinajstić information content (AvgIpc) is 3.38. The van der Waals surface area contributed by atoms with Gasteiger partial charge in [0.1, 0.15) is 0 Å². The lowest BCUT2D eigenvalue weighted by atomic mass is 10.1. The Kier molecular flexibility index (Phi) is 7.40. The summed E-state index contributed by atoms with van der Waals surface area (Å²) in [7, 11) is 3.23. The van der Waals surface area contributed by atoms with Crippen molar-refractivity contribution < 1.29 is 9.47 Å². The summed E-state index contributed by atoms with van der Waals surface area (Å²) in [6.45, 7) is 0.480.